The molecule has 0 saturated heterocycles. The highest BCUT2D eigenvalue weighted by Gasteiger charge is 2.34. The molecule has 1 heterocycles. The smallest absolute Gasteiger partial charge is 0.191 e. The average Bonchev–Trinajstić information content (AvgIpc) is 2.80. The lowest BCUT2D eigenvalue weighted by Crippen LogP contribution is -2.46. The Morgan fingerprint density at radius 3 is 2.70 bits per heavy atom. The van der Waals surface area contributed by atoms with E-state index in [1.165, 1.54) is 25.7 Å². The van der Waals surface area contributed by atoms with Crippen LogP contribution in [0.3, 0.4) is 0 Å². The van der Waals surface area contributed by atoms with Gasteiger partial charge in [-0.15, -0.1) is 10.2 Å². The van der Waals surface area contributed by atoms with E-state index in [0.29, 0.717) is 12.0 Å². The predicted molar refractivity (Wildman–Crippen MR) is 80.4 cm³/mol. The molecule has 2 rings (SSSR count). The van der Waals surface area contributed by atoms with Gasteiger partial charge in [-0.3, -0.25) is 0 Å². The first-order valence-corrected chi connectivity index (χ1v) is 7.54. The number of aryl methyl sites for hydroxylation is 1. The van der Waals surface area contributed by atoms with Gasteiger partial charge in [0.25, 0.3) is 0 Å². The van der Waals surface area contributed by atoms with E-state index in [9.17, 15) is 0 Å². The fourth-order valence-electron chi connectivity index (χ4n) is 2.55. The first-order chi connectivity index (χ1) is 9.69. The summed E-state index contributed by atoms with van der Waals surface area (Å²) in [7, 11) is 1.94. The summed E-state index contributed by atoms with van der Waals surface area (Å²) in [5.41, 5.74) is 0.487. The fourth-order valence-corrected chi connectivity index (χ4v) is 2.55. The highest BCUT2D eigenvalue weighted by Crippen LogP contribution is 2.42. The summed E-state index contributed by atoms with van der Waals surface area (Å²) < 4.78 is 1.90. The Labute approximate surface area is 121 Å². The molecule has 0 aromatic carbocycles. The minimum Gasteiger partial charge on any atom is -0.357 e. The van der Waals surface area contributed by atoms with Gasteiger partial charge in [-0.1, -0.05) is 13.3 Å². The van der Waals surface area contributed by atoms with Crippen molar-refractivity contribution < 1.29 is 0 Å². The lowest BCUT2D eigenvalue weighted by molar-refractivity contribution is 0.131. The molecule has 112 valence electrons. The third-order valence-corrected chi connectivity index (χ3v) is 4.32. The maximum Gasteiger partial charge on any atom is 0.191 e. The molecule has 1 saturated carbocycles. The Balaban J connectivity index is 1.90. The van der Waals surface area contributed by atoms with Crippen LogP contribution >= 0.6 is 0 Å². The maximum atomic E-state index is 4.58. The molecule has 0 spiro atoms. The topological polar surface area (TPSA) is 67.1 Å². The number of hydrogen-bond donors (Lipinski definition) is 2. The molecule has 1 fully saturated rings. The van der Waals surface area contributed by atoms with Crippen LogP contribution in [0.2, 0.25) is 0 Å². The van der Waals surface area contributed by atoms with Crippen LogP contribution in [-0.2, 0) is 13.6 Å². The van der Waals surface area contributed by atoms with Gasteiger partial charge in [0, 0.05) is 20.1 Å². The van der Waals surface area contributed by atoms with Crippen LogP contribution in [0.5, 0.6) is 0 Å². The van der Waals surface area contributed by atoms with E-state index >= 15 is 0 Å². The van der Waals surface area contributed by atoms with Gasteiger partial charge in [0.15, 0.2) is 11.8 Å². The standard InChI is InChI=1S/C14H26N6/c1-4-14(7-6-8-14)10-17-13(15-5-2)16-9-12-19-18-11-20(12)3/h11H,4-10H2,1-3H3,(H2,15,16,17). The predicted octanol–water partition coefficient (Wildman–Crippen LogP) is 1.45. The van der Waals surface area contributed by atoms with E-state index in [-0.39, 0.29) is 0 Å². The summed E-state index contributed by atoms with van der Waals surface area (Å²) in [5.74, 6) is 1.74. The Hall–Kier alpha value is -1.59. The van der Waals surface area contributed by atoms with E-state index in [1.54, 1.807) is 6.33 Å². The number of guanidine groups is 1. The van der Waals surface area contributed by atoms with Crippen molar-refractivity contribution in [3.63, 3.8) is 0 Å². The Kier molecular flexibility index (Phi) is 4.98. The second-order valence-corrected chi connectivity index (χ2v) is 5.61. The SMILES string of the molecule is CCNC(=NCc1nncn1C)NCC1(CC)CCC1. The molecule has 2 N–H and O–H groups in total. The number of nitrogens with zero attached hydrogens (tertiary/aromatic N) is 4. The second kappa shape index (κ2) is 6.72. The maximum absolute atomic E-state index is 4.58. The molecule has 1 aliphatic carbocycles. The number of rotatable bonds is 6. The lowest BCUT2D eigenvalue weighted by Gasteiger charge is -2.41. The van der Waals surface area contributed by atoms with Crippen molar-refractivity contribution in [3.8, 4) is 0 Å². The van der Waals surface area contributed by atoms with Gasteiger partial charge in [-0.2, -0.15) is 0 Å². The zero-order valence-electron chi connectivity index (χ0n) is 12.8. The summed E-state index contributed by atoms with van der Waals surface area (Å²) >= 11 is 0. The van der Waals surface area contributed by atoms with Crippen LogP contribution in [0.1, 0.15) is 45.4 Å². The van der Waals surface area contributed by atoms with E-state index in [4.69, 9.17) is 0 Å². The summed E-state index contributed by atoms with van der Waals surface area (Å²) in [6.45, 7) is 6.78. The van der Waals surface area contributed by atoms with Crippen LogP contribution in [-0.4, -0.2) is 33.8 Å². The van der Waals surface area contributed by atoms with Crippen molar-refractivity contribution in [2.24, 2.45) is 17.5 Å². The molecule has 1 aliphatic rings. The Morgan fingerprint density at radius 1 is 1.40 bits per heavy atom. The van der Waals surface area contributed by atoms with Crippen LogP contribution < -0.4 is 10.6 Å². The number of aromatic nitrogens is 3. The molecule has 0 bridgehead atoms. The van der Waals surface area contributed by atoms with Gasteiger partial charge < -0.3 is 15.2 Å². The van der Waals surface area contributed by atoms with Crippen molar-refractivity contribution in [1.29, 1.82) is 0 Å². The summed E-state index contributed by atoms with van der Waals surface area (Å²) in [6, 6.07) is 0. The number of aliphatic imine (C=N–C) groups is 1. The fraction of sp³-hybridized carbons (Fsp3) is 0.786. The Bertz CT molecular complexity index is 441. The summed E-state index contributed by atoms with van der Waals surface area (Å²) in [5, 5.41) is 14.7. The average molecular weight is 278 g/mol. The molecule has 0 radical (unpaired) electrons. The van der Waals surface area contributed by atoms with Gasteiger partial charge >= 0.3 is 0 Å². The zero-order valence-corrected chi connectivity index (χ0v) is 12.8. The third-order valence-electron chi connectivity index (χ3n) is 4.32. The highest BCUT2D eigenvalue weighted by atomic mass is 15.3. The molecule has 0 aliphatic heterocycles. The molecular weight excluding hydrogens is 252 g/mol. The Morgan fingerprint density at radius 2 is 2.20 bits per heavy atom. The van der Waals surface area contributed by atoms with Gasteiger partial charge in [-0.05, 0) is 31.6 Å². The normalized spacial score (nSPS) is 17.6. The van der Waals surface area contributed by atoms with Gasteiger partial charge in [0.05, 0.1) is 0 Å². The molecule has 0 atom stereocenters. The van der Waals surface area contributed by atoms with E-state index in [0.717, 1.165) is 24.9 Å². The van der Waals surface area contributed by atoms with Gasteiger partial charge in [0.2, 0.25) is 0 Å². The van der Waals surface area contributed by atoms with Crippen molar-refractivity contribution in [2.75, 3.05) is 13.1 Å². The van der Waals surface area contributed by atoms with Crippen LogP contribution in [0.4, 0.5) is 0 Å². The first kappa shape index (κ1) is 14.8. The van der Waals surface area contributed by atoms with Crippen molar-refractivity contribution in [2.45, 2.75) is 46.1 Å². The van der Waals surface area contributed by atoms with E-state index < -0.39 is 0 Å². The van der Waals surface area contributed by atoms with E-state index in [2.05, 4.69) is 39.7 Å². The number of hydrogen-bond acceptors (Lipinski definition) is 3. The monoisotopic (exact) mass is 278 g/mol. The summed E-state index contributed by atoms with van der Waals surface area (Å²) in [6.07, 6.45) is 6.97. The zero-order chi connectivity index (χ0) is 14.4. The third kappa shape index (κ3) is 3.49. The molecule has 0 unspecified atom stereocenters. The second-order valence-electron chi connectivity index (χ2n) is 5.61. The van der Waals surface area contributed by atoms with Crippen molar-refractivity contribution in [1.82, 2.24) is 25.4 Å². The summed E-state index contributed by atoms with van der Waals surface area (Å²) in [4.78, 5) is 4.58. The molecule has 6 nitrogen and oxygen atoms in total. The highest BCUT2D eigenvalue weighted by molar-refractivity contribution is 5.79. The lowest BCUT2D eigenvalue weighted by atomic mass is 9.67. The molecule has 0 amide bonds. The minimum absolute atomic E-state index is 0.487. The van der Waals surface area contributed by atoms with Crippen LogP contribution in [0.15, 0.2) is 11.3 Å². The largest absolute Gasteiger partial charge is 0.357 e. The molecule has 20 heavy (non-hydrogen) atoms. The van der Waals surface area contributed by atoms with E-state index in [1.807, 2.05) is 11.6 Å². The van der Waals surface area contributed by atoms with Crippen LogP contribution in [0, 0.1) is 5.41 Å². The number of nitrogens with one attached hydrogen (secondary N) is 2. The molecule has 1 aromatic rings. The quantitative estimate of drug-likeness (QED) is 0.610. The molecule has 1 aromatic heterocycles. The van der Waals surface area contributed by atoms with Crippen LogP contribution in [0.25, 0.3) is 0 Å². The van der Waals surface area contributed by atoms with Crippen molar-refractivity contribution >= 4 is 5.96 Å². The first-order valence-electron chi connectivity index (χ1n) is 7.54. The van der Waals surface area contributed by atoms with Gasteiger partial charge in [-0.25, -0.2) is 4.99 Å². The minimum atomic E-state index is 0.487. The van der Waals surface area contributed by atoms with Gasteiger partial charge in [0.1, 0.15) is 12.9 Å². The van der Waals surface area contributed by atoms with Crippen molar-refractivity contribution in [3.05, 3.63) is 12.2 Å². The molecule has 6 heteroatoms. The molecular formula is C14H26N6.